The highest BCUT2D eigenvalue weighted by Crippen LogP contribution is 2.09. The maximum Gasteiger partial charge on any atom is 0.251 e. The van der Waals surface area contributed by atoms with Crippen LogP contribution in [0.1, 0.15) is 35.5 Å². The Morgan fingerprint density at radius 1 is 1.12 bits per heavy atom. The Kier molecular flexibility index (Phi) is 6.89. The zero-order valence-corrected chi connectivity index (χ0v) is 15.9. The highest BCUT2D eigenvalue weighted by Gasteiger charge is 2.27. The molecular formula is C21H27N3O2. The number of likely N-dealkylation sites (N-methyl/N-ethyl adjacent to an activating group) is 1. The second-order valence-corrected chi connectivity index (χ2v) is 6.89. The fourth-order valence-electron chi connectivity index (χ4n) is 2.62. The van der Waals surface area contributed by atoms with E-state index in [1.807, 2.05) is 51.1 Å². The minimum absolute atomic E-state index is 0.00537. The number of nitrogens with zero attached hydrogens (tertiary/aromatic N) is 2. The van der Waals surface area contributed by atoms with Gasteiger partial charge in [-0.15, -0.1) is 0 Å². The van der Waals surface area contributed by atoms with Crippen LogP contribution in [-0.4, -0.2) is 41.3 Å². The van der Waals surface area contributed by atoms with E-state index in [9.17, 15) is 9.59 Å². The van der Waals surface area contributed by atoms with E-state index in [1.165, 1.54) is 0 Å². The van der Waals surface area contributed by atoms with E-state index in [2.05, 4.69) is 10.3 Å². The van der Waals surface area contributed by atoms with Crippen molar-refractivity contribution in [1.29, 1.82) is 0 Å². The molecule has 1 atom stereocenters. The Labute approximate surface area is 155 Å². The SMILES string of the molecule is Cc1ccc(C(=O)NC(C(=O)N(C)CCc2ccccn2)C(C)C)cc1. The van der Waals surface area contributed by atoms with Crippen LogP contribution in [-0.2, 0) is 11.2 Å². The summed E-state index contributed by atoms with van der Waals surface area (Å²) in [6.45, 7) is 6.40. The lowest BCUT2D eigenvalue weighted by atomic mass is 10.0. The number of benzene rings is 1. The molecule has 1 aromatic heterocycles. The van der Waals surface area contributed by atoms with E-state index in [1.54, 1.807) is 30.3 Å². The summed E-state index contributed by atoms with van der Waals surface area (Å²) in [7, 11) is 1.76. The zero-order chi connectivity index (χ0) is 19.1. The van der Waals surface area contributed by atoms with Crippen LogP contribution in [0.3, 0.4) is 0 Å². The number of rotatable bonds is 7. The van der Waals surface area contributed by atoms with Gasteiger partial charge in [-0.3, -0.25) is 14.6 Å². The maximum atomic E-state index is 12.8. The number of nitrogens with one attached hydrogen (secondary N) is 1. The molecule has 0 spiro atoms. The predicted octanol–water partition coefficient (Wildman–Crippen LogP) is 2.85. The molecule has 5 nitrogen and oxygen atoms in total. The number of pyridine rings is 1. The Morgan fingerprint density at radius 3 is 2.38 bits per heavy atom. The molecule has 1 aromatic carbocycles. The first-order valence-corrected chi connectivity index (χ1v) is 8.91. The first-order valence-electron chi connectivity index (χ1n) is 8.91. The van der Waals surface area contributed by atoms with Crippen LogP contribution in [0.5, 0.6) is 0 Å². The van der Waals surface area contributed by atoms with Gasteiger partial charge in [-0.05, 0) is 37.1 Å². The molecule has 5 heteroatoms. The lowest BCUT2D eigenvalue weighted by Crippen LogP contribution is -2.50. The number of hydrogen-bond donors (Lipinski definition) is 1. The van der Waals surface area contributed by atoms with Crippen molar-refractivity contribution in [3.8, 4) is 0 Å². The van der Waals surface area contributed by atoms with Gasteiger partial charge in [-0.25, -0.2) is 0 Å². The van der Waals surface area contributed by atoms with Gasteiger partial charge >= 0.3 is 0 Å². The van der Waals surface area contributed by atoms with E-state index in [-0.39, 0.29) is 17.7 Å². The second-order valence-electron chi connectivity index (χ2n) is 6.89. The average molecular weight is 353 g/mol. The first kappa shape index (κ1) is 19.6. The molecule has 1 unspecified atom stereocenters. The van der Waals surface area contributed by atoms with Gasteiger partial charge < -0.3 is 10.2 Å². The standard InChI is InChI=1S/C21H27N3O2/c1-15(2)19(23-20(25)17-10-8-16(3)9-11-17)21(26)24(4)14-12-18-7-5-6-13-22-18/h5-11,13,15,19H,12,14H2,1-4H3,(H,23,25). The second kappa shape index (κ2) is 9.13. The Morgan fingerprint density at radius 2 is 1.81 bits per heavy atom. The largest absolute Gasteiger partial charge is 0.344 e. The summed E-state index contributed by atoms with van der Waals surface area (Å²) in [5, 5.41) is 2.89. The van der Waals surface area contributed by atoms with Gasteiger partial charge in [0.25, 0.3) is 5.91 Å². The third-order valence-electron chi connectivity index (χ3n) is 4.34. The van der Waals surface area contributed by atoms with Crippen LogP contribution in [0.25, 0.3) is 0 Å². The molecule has 0 aliphatic carbocycles. The summed E-state index contributed by atoms with van der Waals surface area (Å²) >= 11 is 0. The molecule has 0 saturated heterocycles. The number of carbonyl (C=O) groups is 2. The molecule has 0 aliphatic rings. The van der Waals surface area contributed by atoms with E-state index in [0.717, 1.165) is 11.3 Å². The van der Waals surface area contributed by atoms with Crippen molar-refractivity contribution in [2.24, 2.45) is 5.92 Å². The van der Waals surface area contributed by atoms with Crippen molar-refractivity contribution in [3.63, 3.8) is 0 Å². The highest BCUT2D eigenvalue weighted by atomic mass is 16.2. The zero-order valence-electron chi connectivity index (χ0n) is 15.9. The number of amides is 2. The van der Waals surface area contributed by atoms with E-state index >= 15 is 0 Å². The smallest absolute Gasteiger partial charge is 0.251 e. The fourth-order valence-corrected chi connectivity index (χ4v) is 2.62. The highest BCUT2D eigenvalue weighted by molar-refractivity contribution is 5.97. The van der Waals surface area contributed by atoms with E-state index in [4.69, 9.17) is 0 Å². The van der Waals surface area contributed by atoms with Crippen LogP contribution in [0.4, 0.5) is 0 Å². The van der Waals surface area contributed by atoms with Crippen molar-refractivity contribution in [3.05, 3.63) is 65.5 Å². The number of carbonyl (C=O) groups excluding carboxylic acids is 2. The Balaban J connectivity index is 1.99. The van der Waals surface area contributed by atoms with Gasteiger partial charge in [0, 0.05) is 37.5 Å². The summed E-state index contributed by atoms with van der Waals surface area (Å²) in [6, 6.07) is 12.5. The van der Waals surface area contributed by atoms with Gasteiger partial charge in [0.15, 0.2) is 0 Å². The third-order valence-corrected chi connectivity index (χ3v) is 4.34. The average Bonchev–Trinajstić information content (AvgIpc) is 2.64. The van der Waals surface area contributed by atoms with Gasteiger partial charge in [0.2, 0.25) is 5.91 Å². The van der Waals surface area contributed by atoms with Gasteiger partial charge in [0.05, 0.1) is 0 Å². The molecule has 0 saturated carbocycles. The molecule has 26 heavy (non-hydrogen) atoms. The minimum atomic E-state index is -0.558. The molecule has 1 heterocycles. The summed E-state index contributed by atoms with van der Waals surface area (Å²) in [4.78, 5) is 31.2. The normalized spacial score (nSPS) is 11.9. The molecule has 138 valence electrons. The van der Waals surface area contributed by atoms with Gasteiger partial charge in [-0.1, -0.05) is 37.6 Å². The lowest BCUT2D eigenvalue weighted by molar-refractivity contribution is -0.133. The van der Waals surface area contributed by atoms with Crippen molar-refractivity contribution in [2.75, 3.05) is 13.6 Å². The number of aromatic nitrogens is 1. The van der Waals surface area contributed by atoms with E-state index in [0.29, 0.717) is 18.5 Å². The Hall–Kier alpha value is -2.69. The van der Waals surface area contributed by atoms with Crippen LogP contribution in [0, 0.1) is 12.8 Å². The van der Waals surface area contributed by atoms with Gasteiger partial charge in [-0.2, -0.15) is 0 Å². The van der Waals surface area contributed by atoms with Crippen LogP contribution in [0.15, 0.2) is 48.7 Å². The predicted molar refractivity (Wildman–Crippen MR) is 103 cm³/mol. The van der Waals surface area contributed by atoms with Crippen molar-refractivity contribution in [1.82, 2.24) is 15.2 Å². The van der Waals surface area contributed by atoms with E-state index < -0.39 is 6.04 Å². The topological polar surface area (TPSA) is 62.3 Å². The summed E-state index contributed by atoms with van der Waals surface area (Å²) in [5.74, 6) is -0.319. The molecule has 0 bridgehead atoms. The molecule has 0 aliphatic heterocycles. The van der Waals surface area contributed by atoms with Gasteiger partial charge in [0.1, 0.15) is 6.04 Å². The molecule has 2 amide bonds. The number of hydrogen-bond acceptors (Lipinski definition) is 3. The van der Waals surface area contributed by atoms with Crippen LogP contribution >= 0.6 is 0 Å². The van der Waals surface area contributed by atoms with Crippen molar-refractivity contribution in [2.45, 2.75) is 33.2 Å². The van der Waals surface area contributed by atoms with Crippen molar-refractivity contribution >= 4 is 11.8 Å². The fraction of sp³-hybridized carbons (Fsp3) is 0.381. The summed E-state index contributed by atoms with van der Waals surface area (Å²) in [6.07, 6.45) is 2.43. The monoisotopic (exact) mass is 353 g/mol. The molecule has 1 N–H and O–H groups in total. The Bertz CT molecular complexity index is 727. The minimum Gasteiger partial charge on any atom is -0.344 e. The summed E-state index contributed by atoms with van der Waals surface area (Å²) < 4.78 is 0. The third kappa shape index (κ3) is 5.41. The molecule has 0 radical (unpaired) electrons. The van der Waals surface area contributed by atoms with Crippen molar-refractivity contribution < 1.29 is 9.59 Å². The molecule has 0 fully saturated rings. The van der Waals surface area contributed by atoms with Crippen LogP contribution in [0.2, 0.25) is 0 Å². The number of aryl methyl sites for hydroxylation is 1. The first-order chi connectivity index (χ1) is 12.4. The molecular weight excluding hydrogens is 326 g/mol. The van der Waals surface area contributed by atoms with Crippen LogP contribution < -0.4 is 5.32 Å². The maximum absolute atomic E-state index is 12.8. The lowest BCUT2D eigenvalue weighted by Gasteiger charge is -2.27. The quantitative estimate of drug-likeness (QED) is 0.832. The summed E-state index contributed by atoms with van der Waals surface area (Å²) in [5.41, 5.74) is 2.59. The molecule has 2 aromatic rings. The molecule has 2 rings (SSSR count).